The monoisotopic (exact) mass is 271 g/mol. The van der Waals surface area contributed by atoms with Gasteiger partial charge in [0.1, 0.15) is 0 Å². The molecule has 5 nitrogen and oxygen atoms in total. The molecule has 1 heterocycles. The maximum Gasteiger partial charge on any atom is 0.337 e. The standard InChI is InChI=1S/C15H17N3O2/c1-2-18(10-12-5-3-4-8-17-12)14-9-11(16)6-7-13(14)15(19)20/h3-9H,2,10,16H2,1H3,(H,19,20). The van der Waals surface area contributed by atoms with E-state index in [-0.39, 0.29) is 5.56 Å². The van der Waals surface area contributed by atoms with Crippen LogP contribution in [-0.2, 0) is 6.54 Å². The number of carboxylic acids is 1. The molecule has 0 atom stereocenters. The molecule has 1 aromatic heterocycles. The fourth-order valence-corrected chi connectivity index (χ4v) is 2.05. The third kappa shape index (κ3) is 3.06. The zero-order valence-corrected chi connectivity index (χ0v) is 11.3. The number of nitrogens with zero attached hydrogens (tertiary/aromatic N) is 2. The third-order valence-electron chi connectivity index (χ3n) is 3.05. The van der Waals surface area contributed by atoms with Crippen LogP contribution in [0.3, 0.4) is 0 Å². The number of pyridine rings is 1. The lowest BCUT2D eigenvalue weighted by Gasteiger charge is -2.24. The van der Waals surface area contributed by atoms with Crippen LogP contribution in [0.4, 0.5) is 11.4 Å². The molecule has 2 rings (SSSR count). The number of nitrogens with two attached hydrogens (primary N) is 1. The highest BCUT2D eigenvalue weighted by molar-refractivity contribution is 5.95. The number of rotatable bonds is 5. The van der Waals surface area contributed by atoms with E-state index in [9.17, 15) is 9.90 Å². The summed E-state index contributed by atoms with van der Waals surface area (Å²) in [6, 6.07) is 10.5. The zero-order chi connectivity index (χ0) is 14.5. The molecule has 0 saturated heterocycles. The largest absolute Gasteiger partial charge is 0.478 e. The number of nitrogen functional groups attached to an aromatic ring is 1. The maximum absolute atomic E-state index is 11.3. The van der Waals surface area contributed by atoms with Crippen LogP contribution < -0.4 is 10.6 Å². The summed E-state index contributed by atoms with van der Waals surface area (Å²) in [5.74, 6) is -0.959. The fourth-order valence-electron chi connectivity index (χ4n) is 2.05. The van der Waals surface area contributed by atoms with E-state index in [0.717, 1.165) is 5.69 Å². The van der Waals surface area contributed by atoms with Gasteiger partial charge in [-0.1, -0.05) is 6.07 Å². The lowest BCUT2D eigenvalue weighted by molar-refractivity contribution is 0.0697. The van der Waals surface area contributed by atoms with Gasteiger partial charge in [0.15, 0.2) is 0 Å². The van der Waals surface area contributed by atoms with Crippen LogP contribution in [0.1, 0.15) is 23.0 Å². The number of hydrogen-bond acceptors (Lipinski definition) is 4. The molecular formula is C15H17N3O2. The Hall–Kier alpha value is -2.56. The Labute approximate surface area is 117 Å². The minimum absolute atomic E-state index is 0.247. The van der Waals surface area contributed by atoms with E-state index in [2.05, 4.69) is 4.98 Å². The average molecular weight is 271 g/mol. The predicted molar refractivity (Wildman–Crippen MR) is 78.8 cm³/mol. The second-order valence-corrected chi connectivity index (χ2v) is 4.42. The molecule has 0 aliphatic rings. The minimum atomic E-state index is -0.959. The van der Waals surface area contributed by atoms with Crippen molar-refractivity contribution in [3.63, 3.8) is 0 Å². The van der Waals surface area contributed by atoms with Crippen molar-refractivity contribution in [1.82, 2.24) is 4.98 Å². The zero-order valence-electron chi connectivity index (χ0n) is 11.3. The number of carboxylic acid groups (broad SMARTS) is 1. The van der Waals surface area contributed by atoms with E-state index >= 15 is 0 Å². The van der Waals surface area contributed by atoms with Crippen LogP contribution in [0.25, 0.3) is 0 Å². The van der Waals surface area contributed by atoms with Gasteiger partial charge in [0.25, 0.3) is 0 Å². The summed E-state index contributed by atoms with van der Waals surface area (Å²) in [6.07, 6.45) is 1.72. The molecule has 0 radical (unpaired) electrons. The van der Waals surface area contributed by atoms with Crippen molar-refractivity contribution in [3.8, 4) is 0 Å². The van der Waals surface area contributed by atoms with Gasteiger partial charge in [0.05, 0.1) is 23.5 Å². The van der Waals surface area contributed by atoms with Gasteiger partial charge in [-0.2, -0.15) is 0 Å². The average Bonchev–Trinajstić information content (AvgIpc) is 2.45. The Bertz CT molecular complexity index is 599. The highest BCUT2D eigenvalue weighted by atomic mass is 16.4. The Morgan fingerprint density at radius 2 is 2.15 bits per heavy atom. The second kappa shape index (κ2) is 6.06. The van der Waals surface area contributed by atoms with Gasteiger partial charge >= 0.3 is 5.97 Å². The molecule has 3 N–H and O–H groups in total. The normalized spacial score (nSPS) is 10.2. The number of hydrogen-bond donors (Lipinski definition) is 2. The molecule has 0 spiro atoms. The van der Waals surface area contributed by atoms with Crippen molar-refractivity contribution < 1.29 is 9.90 Å². The molecule has 2 aromatic rings. The van der Waals surface area contributed by atoms with Gasteiger partial charge in [-0.25, -0.2) is 4.79 Å². The van der Waals surface area contributed by atoms with Crippen LogP contribution >= 0.6 is 0 Å². The summed E-state index contributed by atoms with van der Waals surface area (Å²) in [6.45, 7) is 3.18. The molecule has 104 valence electrons. The van der Waals surface area contributed by atoms with Crippen LogP contribution in [-0.4, -0.2) is 22.6 Å². The van der Waals surface area contributed by atoms with Gasteiger partial charge < -0.3 is 15.7 Å². The Balaban J connectivity index is 2.36. The van der Waals surface area contributed by atoms with Crippen LogP contribution in [0.15, 0.2) is 42.6 Å². The highest BCUT2D eigenvalue weighted by Crippen LogP contribution is 2.25. The molecule has 0 amide bonds. The number of benzene rings is 1. The molecule has 0 aliphatic carbocycles. The van der Waals surface area contributed by atoms with Crippen molar-refractivity contribution in [2.45, 2.75) is 13.5 Å². The van der Waals surface area contributed by atoms with Crippen LogP contribution in [0.5, 0.6) is 0 Å². The smallest absolute Gasteiger partial charge is 0.337 e. The number of aromatic nitrogens is 1. The first-order chi connectivity index (χ1) is 9.61. The summed E-state index contributed by atoms with van der Waals surface area (Å²) in [4.78, 5) is 17.5. The lowest BCUT2D eigenvalue weighted by atomic mass is 10.1. The van der Waals surface area contributed by atoms with Gasteiger partial charge in [-0.05, 0) is 37.3 Å². The van der Waals surface area contributed by atoms with E-state index in [1.165, 1.54) is 6.07 Å². The molecule has 0 aliphatic heterocycles. The summed E-state index contributed by atoms with van der Waals surface area (Å²) in [7, 11) is 0. The molecule has 5 heteroatoms. The Morgan fingerprint density at radius 1 is 1.35 bits per heavy atom. The topological polar surface area (TPSA) is 79.5 Å². The van der Waals surface area contributed by atoms with Gasteiger partial charge in [0, 0.05) is 18.4 Å². The summed E-state index contributed by atoms with van der Waals surface area (Å²) >= 11 is 0. The van der Waals surface area contributed by atoms with Gasteiger partial charge in [-0.15, -0.1) is 0 Å². The Morgan fingerprint density at radius 3 is 2.75 bits per heavy atom. The molecule has 1 aromatic carbocycles. The fraction of sp³-hybridized carbons (Fsp3) is 0.200. The third-order valence-corrected chi connectivity index (χ3v) is 3.05. The molecule has 0 bridgehead atoms. The quantitative estimate of drug-likeness (QED) is 0.816. The summed E-state index contributed by atoms with van der Waals surface area (Å²) in [5, 5.41) is 9.28. The second-order valence-electron chi connectivity index (χ2n) is 4.42. The number of carbonyl (C=O) groups is 1. The van der Waals surface area contributed by atoms with Crippen LogP contribution in [0, 0.1) is 0 Å². The van der Waals surface area contributed by atoms with Crippen LogP contribution in [0.2, 0.25) is 0 Å². The van der Waals surface area contributed by atoms with E-state index in [4.69, 9.17) is 5.73 Å². The molecule has 0 unspecified atom stereocenters. The van der Waals surface area contributed by atoms with Gasteiger partial charge in [0.2, 0.25) is 0 Å². The lowest BCUT2D eigenvalue weighted by Crippen LogP contribution is -2.24. The number of aromatic carboxylic acids is 1. The van der Waals surface area contributed by atoms with E-state index < -0.39 is 5.97 Å². The predicted octanol–water partition coefficient (Wildman–Crippen LogP) is 2.39. The van der Waals surface area contributed by atoms with E-state index in [1.54, 1.807) is 18.3 Å². The van der Waals surface area contributed by atoms with Crippen molar-refractivity contribution >= 4 is 17.3 Å². The van der Waals surface area contributed by atoms with Crippen molar-refractivity contribution in [2.75, 3.05) is 17.2 Å². The molecule has 0 saturated carbocycles. The van der Waals surface area contributed by atoms with Crippen molar-refractivity contribution in [1.29, 1.82) is 0 Å². The SMILES string of the molecule is CCN(Cc1ccccn1)c1cc(N)ccc1C(=O)O. The first-order valence-electron chi connectivity index (χ1n) is 6.39. The first-order valence-corrected chi connectivity index (χ1v) is 6.39. The Kier molecular flexibility index (Phi) is 4.20. The molecular weight excluding hydrogens is 254 g/mol. The van der Waals surface area contributed by atoms with E-state index in [1.807, 2.05) is 30.0 Å². The molecule has 20 heavy (non-hydrogen) atoms. The molecule has 0 fully saturated rings. The van der Waals surface area contributed by atoms with Gasteiger partial charge in [-0.3, -0.25) is 4.98 Å². The highest BCUT2D eigenvalue weighted by Gasteiger charge is 2.16. The van der Waals surface area contributed by atoms with Crippen molar-refractivity contribution in [2.24, 2.45) is 0 Å². The maximum atomic E-state index is 11.3. The summed E-state index contributed by atoms with van der Waals surface area (Å²) < 4.78 is 0. The summed E-state index contributed by atoms with van der Waals surface area (Å²) in [5.41, 5.74) is 8.07. The van der Waals surface area contributed by atoms with Crippen molar-refractivity contribution in [3.05, 3.63) is 53.9 Å². The minimum Gasteiger partial charge on any atom is -0.478 e. The number of anilines is 2. The first kappa shape index (κ1) is 13.9. The van der Waals surface area contributed by atoms with E-state index in [0.29, 0.717) is 24.5 Å².